The third-order valence-electron chi connectivity index (χ3n) is 2.84. The Morgan fingerprint density at radius 3 is 2.64 bits per heavy atom. The number of furan rings is 1. The number of rotatable bonds is 5. The summed E-state index contributed by atoms with van der Waals surface area (Å²) in [6.45, 7) is 5.38. The number of aromatic nitrogens is 2. The first kappa shape index (κ1) is 16.3. The number of ether oxygens (including phenoxy) is 1. The molecule has 0 aromatic carbocycles. The van der Waals surface area contributed by atoms with Gasteiger partial charge in [0.05, 0.1) is 6.20 Å². The number of nitrogens with zero attached hydrogens (tertiary/aromatic N) is 2. The van der Waals surface area contributed by atoms with Crippen LogP contribution in [0, 0.1) is 0 Å². The summed E-state index contributed by atoms with van der Waals surface area (Å²) in [5, 5.41) is 6.79. The number of hydrogen-bond acceptors (Lipinski definition) is 5. The molecule has 0 aliphatic carbocycles. The maximum atomic E-state index is 12.1. The molecule has 1 amide bonds. The zero-order valence-electron chi connectivity index (χ0n) is 12.4. The van der Waals surface area contributed by atoms with Crippen molar-refractivity contribution in [1.82, 2.24) is 9.78 Å². The van der Waals surface area contributed by atoms with E-state index in [1.807, 2.05) is 13.8 Å². The number of esters is 1. The van der Waals surface area contributed by atoms with Crippen LogP contribution in [0.4, 0.5) is 5.82 Å². The lowest BCUT2D eigenvalue weighted by Crippen LogP contribution is -2.31. The van der Waals surface area contributed by atoms with Gasteiger partial charge in [0.15, 0.2) is 10.8 Å². The van der Waals surface area contributed by atoms with Crippen LogP contribution in [0.1, 0.15) is 37.4 Å². The van der Waals surface area contributed by atoms with Crippen LogP contribution in [0.2, 0.25) is 0 Å². The van der Waals surface area contributed by atoms with E-state index < -0.39 is 18.0 Å². The van der Waals surface area contributed by atoms with Crippen molar-refractivity contribution < 1.29 is 18.7 Å². The van der Waals surface area contributed by atoms with Gasteiger partial charge in [-0.05, 0) is 48.8 Å². The van der Waals surface area contributed by atoms with Crippen LogP contribution in [0.25, 0.3) is 0 Å². The van der Waals surface area contributed by atoms with Crippen molar-refractivity contribution >= 4 is 33.6 Å². The molecule has 0 spiro atoms. The molecule has 2 heterocycles. The lowest BCUT2D eigenvalue weighted by molar-refractivity contribution is -0.123. The van der Waals surface area contributed by atoms with E-state index in [0.717, 1.165) is 0 Å². The van der Waals surface area contributed by atoms with Crippen molar-refractivity contribution in [2.75, 3.05) is 5.32 Å². The maximum Gasteiger partial charge on any atom is 0.375 e. The predicted octanol–water partition coefficient (Wildman–Crippen LogP) is 3.00. The van der Waals surface area contributed by atoms with Gasteiger partial charge in [-0.15, -0.1) is 0 Å². The number of nitrogens with one attached hydrogen (secondary N) is 1. The Balaban J connectivity index is 1.97. The van der Waals surface area contributed by atoms with E-state index in [9.17, 15) is 9.59 Å². The van der Waals surface area contributed by atoms with Crippen molar-refractivity contribution in [1.29, 1.82) is 0 Å². The van der Waals surface area contributed by atoms with Gasteiger partial charge >= 0.3 is 5.97 Å². The van der Waals surface area contributed by atoms with E-state index in [-0.39, 0.29) is 11.8 Å². The molecule has 0 unspecified atom stereocenters. The molecule has 0 saturated heterocycles. The fraction of sp³-hybridized carbons (Fsp3) is 0.357. The van der Waals surface area contributed by atoms with E-state index in [1.54, 1.807) is 23.0 Å². The fourth-order valence-electron chi connectivity index (χ4n) is 1.75. The van der Waals surface area contributed by atoms with E-state index in [4.69, 9.17) is 9.15 Å². The van der Waals surface area contributed by atoms with Crippen LogP contribution in [-0.2, 0) is 9.53 Å². The third-order valence-corrected chi connectivity index (χ3v) is 3.26. The summed E-state index contributed by atoms with van der Waals surface area (Å²) in [4.78, 5) is 23.9. The van der Waals surface area contributed by atoms with Gasteiger partial charge < -0.3 is 14.5 Å². The molecule has 2 aromatic heterocycles. The summed E-state index contributed by atoms with van der Waals surface area (Å²) in [5.74, 6) is -0.575. The van der Waals surface area contributed by atoms with Crippen LogP contribution in [0.3, 0.4) is 0 Å². The normalized spacial score (nSPS) is 12.2. The summed E-state index contributed by atoms with van der Waals surface area (Å²) >= 11 is 3.09. The number of carbonyl (C=O) groups is 2. The quantitative estimate of drug-likeness (QED) is 0.818. The summed E-state index contributed by atoms with van der Waals surface area (Å²) < 4.78 is 12.2. The predicted molar refractivity (Wildman–Crippen MR) is 82.5 cm³/mol. The minimum Gasteiger partial charge on any atom is -0.447 e. The minimum absolute atomic E-state index is 0.0266. The van der Waals surface area contributed by atoms with Crippen LogP contribution >= 0.6 is 15.9 Å². The second-order valence-electron chi connectivity index (χ2n) is 4.90. The Hall–Kier alpha value is -2.09. The van der Waals surface area contributed by atoms with Crippen LogP contribution < -0.4 is 5.32 Å². The number of carbonyl (C=O) groups excluding carboxylic acids is 2. The zero-order valence-corrected chi connectivity index (χ0v) is 14.0. The first-order valence-electron chi connectivity index (χ1n) is 6.69. The van der Waals surface area contributed by atoms with E-state index in [0.29, 0.717) is 10.5 Å². The van der Waals surface area contributed by atoms with E-state index in [2.05, 4.69) is 26.3 Å². The zero-order chi connectivity index (χ0) is 16.3. The maximum absolute atomic E-state index is 12.1. The minimum atomic E-state index is -0.966. The van der Waals surface area contributed by atoms with Gasteiger partial charge in [-0.3, -0.25) is 4.79 Å². The Labute approximate surface area is 135 Å². The van der Waals surface area contributed by atoms with E-state index in [1.165, 1.54) is 13.0 Å². The van der Waals surface area contributed by atoms with Crippen molar-refractivity contribution in [3.63, 3.8) is 0 Å². The van der Waals surface area contributed by atoms with Crippen LogP contribution in [0.5, 0.6) is 0 Å². The molecule has 0 aliphatic rings. The Bertz CT molecular complexity index is 677. The first-order chi connectivity index (χ1) is 10.4. The molecule has 0 bridgehead atoms. The molecule has 0 fully saturated rings. The Kier molecular flexibility index (Phi) is 5.02. The van der Waals surface area contributed by atoms with Gasteiger partial charge in [-0.25, -0.2) is 9.48 Å². The molecule has 2 aromatic rings. The van der Waals surface area contributed by atoms with Crippen molar-refractivity contribution in [2.45, 2.75) is 32.9 Å². The standard InChI is InChI=1S/C14H16BrN3O4/c1-8(2)18-12(6-7-16-18)17-13(19)9(3)21-14(20)10-4-5-11(15)22-10/h4-9H,1-3H3,(H,17,19)/t9-/m1/s1. The van der Waals surface area contributed by atoms with Gasteiger partial charge in [0.25, 0.3) is 5.91 Å². The summed E-state index contributed by atoms with van der Waals surface area (Å²) in [5.41, 5.74) is 0. The van der Waals surface area contributed by atoms with Crippen molar-refractivity contribution in [3.8, 4) is 0 Å². The molecule has 0 aliphatic heterocycles. The molecule has 22 heavy (non-hydrogen) atoms. The number of halogens is 1. The van der Waals surface area contributed by atoms with Crippen LogP contribution in [-0.4, -0.2) is 27.8 Å². The lowest BCUT2D eigenvalue weighted by atomic mass is 10.3. The molecule has 0 radical (unpaired) electrons. The Morgan fingerprint density at radius 2 is 2.05 bits per heavy atom. The highest BCUT2D eigenvalue weighted by atomic mass is 79.9. The fourth-order valence-corrected chi connectivity index (χ4v) is 2.06. The number of hydrogen-bond donors (Lipinski definition) is 1. The van der Waals surface area contributed by atoms with E-state index >= 15 is 0 Å². The third kappa shape index (κ3) is 3.76. The summed E-state index contributed by atoms with van der Waals surface area (Å²) in [7, 11) is 0. The lowest BCUT2D eigenvalue weighted by Gasteiger charge is -2.15. The number of anilines is 1. The topological polar surface area (TPSA) is 86.4 Å². The highest BCUT2D eigenvalue weighted by Gasteiger charge is 2.22. The van der Waals surface area contributed by atoms with Crippen molar-refractivity contribution in [2.24, 2.45) is 0 Å². The molecule has 8 heteroatoms. The summed E-state index contributed by atoms with van der Waals surface area (Å²) in [6, 6.07) is 4.81. The highest BCUT2D eigenvalue weighted by Crippen LogP contribution is 2.16. The molecular weight excluding hydrogens is 354 g/mol. The molecule has 0 saturated carbocycles. The number of amides is 1. The molecule has 118 valence electrons. The SMILES string of the molecule is CC(C)n1nccc1NC(=O)[C@@H](C)OC(=O)c1ccc(Br)o1. The second kappa shape index (κ2) is 6.78. The van der Waals surface area contributed by atoms with Gasteiger partial charge in [0.2, 0.25) is 5.76 Å². The monoisotopic (exact) mass is 369 g/mol. The molecule has 1 N–H and O–H groups in total. The Morgan fingerprint density at radius 1 is 1.32 bits per heavy atom. The average Bonchev–Trinajstić information content (AvgIpc) is 3.07. The van der Waals surface area contributed by atoms with Gasteiger partial charge in [0.1, 0.15) is 5.82 Å². The molecule has 7 nitrogen and oxygen atoms in total. The molecule has 2 rings (SSSR count). The average molecular weight is 370 g/mol. The highest BCUT2D eigenvalue weighted by molar-refractivity contribution is 9.10. The van der Waals surface area contributed by atoms with Crippen LogP contribution in [0.15, 0.2) is 33.5 Å². The molecular formula is C14H16BrN3O4. The smallest absolute Gasteiger partial charge is 0.375 e. The van der Waals surface area contributed by atoms with Gasteiger partial charge in [-0.1, -0.05) is 0 Å². The second-order valence-corrected chi connectivity index (χ2v) is 5.68. The largest absolute Gasteiger partial charge is 0.447 e. The first-order valence-corrected chi connectivity index (χ1v) is 7.48. The molecule has 1 atom stereocenters. The van der Waals surface area contributed by atoms with Gasteiger partial charge in [0, 0.05) is 12.1 Å². The summed E-state index contributed by atoms with van der Waals surface area (Å²) in [6.07, 6.45) is 0.624. The van der Waals surface area contributed by atoms with Crippen molar-refractivity contribution in [3.05, 3.63) is 34.8 Å². The van der Waals surface area contributed by atoms with Gasteiger partial charge in [-0.2, -0.15) is 5.10 Å².